The molecular weight excluding hydrogens is 247 g/mol. The van der Waals surface area contributed by atoms with Crippen LogP contribution in [0.3, 0.4) is 0 Å². The molecule has 0 spiro atoms. The molecule has 0 saturated carbocycles. The number of pyridine rings is 1. The van der Waals surface area contributed by atoms with Gasteiger partial charge in [-0.25, -0.2) is 4.98 Å². The van der Waals surface area contributed by atoms with E-state index in [1.165, 1.54) is 18.3 Å². The molecule has 98 valence electrons. The monoisotopic (exact) mass is 260 g/mol. The van der Waals surface area contributed by atoms with Gasteiger partial charge in [-0.1, -0.05) is 12.1 Å². The van der Waals surface area contributed by atoms with Crippen molar-refractivity contribution in [1.82, 2.24) is 4.98 Å². The van der Waals surface area contributed by atoms with Crippen LogP contribution in [0.25, 0.3) is 0 Å². The Labute approximate surface area is 110 Å². The summed E-state index contributed by atoms with van der Waals surface area (Å²) in [6, 6.07) is 10.0. The number of amides is 1. The predicted octanol–water partition coefficient (Wildman–Crippen LogP) is 2.55. The number of aromatic nitrogens is 1. The van der Waals surface area contributed by atoms with Gasteiger partial charge in [-0.15, -0.1) is 0 Å². The largest absolute Gasteiger partial charge is 0.482 e. The number of rotatable bonds is 4. The summed E-state index contributed by atoms with van der Waals surface area (Å²) in [5, 5.41) is 2.71. The average Bonchev–Trinajstić information content (AvgIpc) is 2.38. The lowest BCUT2D eigenvalue weighted by Crippen LogP contribution is -2.20. The Morgan fingerprint density at radius 1 is 1.37 bits per heavy atom. The van der Waals surface area contributed by atoms with Crippen molar-refractivity contribution in [3.63, 3.8) is 0 Å². The molecule has 2 rings (SSSR count). The number of hydrogen-bond donors (Lipinski definition) is 1. The first-order valence-electron chi connectivity index (χ1n) is 5.74. The Hall–Kier alpha value is -2.43. The van der Waals surface area contributed by atoms with Crippen LogP contribution >= 0.6 is 0 Å². The molecule has 1 aromatic carbocycles. The van der Waals surface area contributed by atoms with Gasteiger partial charge in [0.05, 0.1) is 6.20 Å². The minimum atomic E-state index is -0.587. The quantitative estimate of drug-likeness (QED) is 0.859. The smallest absolute Gasteiger partial charge is 0.262 e. The van der Waals surface area contributed by atoms with Crippen molar-refractivity contribution < 1.29 is 13.9 Å². The third-order valence-corrected chi connectivity index (χ3v) is 2.37. The molecule has 2 aromatic rings. The fourth-order valence-electron chi connectivity index (χ4n) is 1.52. The molecule has 1 aromatic heterocycles. The van der Waals surface area contributed by atoms with Crippen LogP contribution in [-0.4, -0.2) is 17.5 Å². The van der Waals surface area contributed by atoms with Crippen LogP contribution in [0.1, 0.15) is 5.56 Å². The van der Waals surface area contributed by atoms with E-state index in [9.17, 15) is 9.18 Å². The first-order valence-corrected chi connectivity index (χ1v) is 5.74. The lowest BCUT2D eigenvalue weighted by Gasteiger charge is -2.07. The molecule has 1 N–H and O–H groups in total. The van der Waals surface area contributed by atoms with E-state index in [1.807, 2.05) is 25.1 Å². The normalized spacial score (nSPS) is 10.0. The second-order valence-corrected chi connectivity index (χ2v) is 4.02. The Morgan fingerprint density at radius 3 is 2.89 bits per heavy atom. The number of halogens is 1. The van der Waals surface area contributed by atoms with Gasteiger partial charge in [0, 0.05) is 5.69 Å². The summed E-state index contributed by atoms with van der Waals surface area (Å²) >= 11 is 0. The van der Waals surface area contributed by atoms with E-state index in [1.54, 1.807) is 6.07 Å². The molecule has 0 aliphatic rings. The fraction of sp³-hybridized carbons (Fsp3) is 0.143. The third-order valence-electron chi connectivity index (χ3n) is 2.37. The second-order valence-electron chi connectivity index (χ2n) is 4.02. The van der Waals surface area contributed by atoms with Gasteiger partial charge in [0.25, 0.3) is 5.91 Å². The van der Waals surface area contributed by atoms with Crippen molar-refractivity contribution in [1.29, 1.82) is 0 Å². The highest BCUT2D eigenvalue weighted by atomic mass is 19.1. The summed E-state index contributed by atoms with van der Waals surface area (Å²) in [6.45, 7) is 1.79. The maximum atomic E-state index is 12.6. The topological polar surface area (TPSA) is 51.2 Å². The van der Waals surface area contributed by atoms with Crippen LogP contribution in [0.4, 0.5) is 10.1 Å². The van der Waals surface area contributed by atoms with Crippen LogP contribution in [0, 0.1) is 12.9 Å². The number of carbonyl (C=O) groups is 1. The number of anilines is 1. The summed E-state index contributed by atoms with van der Waals surface area (Å²) in [5.41, 5.74) is 1.77. The molecule has 0 unspecified atom stereocenters. The summed E-state index contributed by atoms with van der Waals surface area (Å²) in [4.78, 5) is 15.1. The van der Waals surface area contributed by atoms with Crippen molar-refractivity contribution in [2.45, 2.75) is 6.92 Å². The standard InChI is InChI=1S/C14H13FN2O2/c1-10-3-2-4-11(7-10)17-14(18)9-19-12-5-6-13(15)16-8-12/h2-8H,9H2,1H3,(H,17,18). The van der Waals surface area contributed by atoms with Gasteiger partial charge in [-0.3, -0.25) is 4.79 Å². The minimum absolute atomic E-state index is 0.152. The number of nitrogens with one attached hydrogen (secondary N) is 1. The minimum Gasteiger partial charge on any atom is -0.482 e. The third kappa shape index (κ3) is 4.06. The van der Waals surface area contributed by atoms with Crippen molar-refractivity contribution in [3.05, 3.63) is 54.1 Å². The molecule has 0 aliphatic carbocycles. The van der Waals surface area contributed by atoms with Crippen LogP contribution in [0.15, 0.2) is 42.6 Å². The van der Waals surface area contributed by atoms with E-state index < -0.39 is 5.95 Å². The van der Waals surface area contributed by atoms with Gasteiger partial charge < -0.3 is 10.1 Å². The van der Waals surface area contributed by atoms with E-state index in [0.29, 0.717) is 11.4 Å². The molecule has 1 amide bonds. The lowest BCUT2D eigenvalue weighted by molar-refractivity contribution is -0.118. The molecule has 1 heterocycles. The Bertz CT molecular complexity index is 570. The summed E-state index contributed by atoms with van der Waals surface area (Å²) in [5.74, 6) is -0.521. The van der Waals surface area contributed by atoms with E-state index >= 15 is 0 Å². The zero-order chi connectivity index (χ0) is 13.7. The average molecular weight is 260 g/mol. The van der Waals surface area contributed by atoms with Gasteiger partial charge in [-0.2, -0.15) is 4.39 Å². The summed E-state index contributed by atoms with van der Waals surface area (Å²) < 4.78 is 17.7. The predicted molar refractivity (Wildman–Crippen MR) is 69.5 cm³/mol. The molecule has 4 nitrogen and oxygen atoms in total. The van der Waals surface area contributed by atoms with Crippen molar-refractivity contribution >= 4 is 11.6 Å². The first-order chi connectivity index (χ1) is 9.13. The Balaban J connectivity index is 1.86. The maximum absolute atomic E-state index is 12.6. The summed E-state index contributed by atoms with van der Waals surface area (Å²) in [7, 11) is 0. The molecule has 19 heavy (non-hydrogen) atoms. The highest BCUT2D eigenvalue weighted by Gasteiger charge is 2.04. The lowest BCUT2D eigenvalue weighted by atomic mass is 10.2. The van der Waals surface area contributed by atoms with Crippen LogP contribution in [0.2, 0.25) is 0 Å². The van der Waals surface area contributed by atoms with E-state index in [4.69, 9.17) is 4.74 Å². The maximum Gasteiger partial charge on any atom is 0.262 e. The van der Waals surface area contributed by atoms with Crippen molar-refractivity contribution in [2.24, 2.45) is 0 Å². The highest BCUT2D eigenvalue weighted by Crippen LogP contribution is 2.10. The van der Waals surface area contributed by atoms with E-state index in [-0.39, 0.29) is 12.5 Å². The fourth-order valence-corrected chi connectivity index (χ4v) is 1.52. The van der Waals surface area contributed by atoms with E-state index in [0.717, 1.165) is 5.56 Å². The van der Waals surface area contributed by atoms with Crippen LogP contribution < -0.4 is 10.1 Å². The van der Waals surface area contributed by atoms with Crippen LogP contribution in [0.5, 0.6) is 5.75 Å². The number of hydrogen-bond acceptors (Lipinski definition) is 3. The van der Waals surface area contributed by atoms with E-state index in [2.05, 4.69) is 10.3 Å². The Kier molecular flexibility index (Phi) is 4.07. The molecular formula is C14H13FN2O2. The highest BCUT2D eigenvalue weighted by molar-refractivity contribution is 5.91. The van der Waals surface area contributed by atoms with Gasteiger partial charge in [0.2, 0.25) is 5.95 Å². The van der Waals surface area contributed by atoms with Crippen LogP contribution in [-0.2, 0) is 4.79 Å². The van der Waals surface area contributed by atoms with Gasteiger partial charge >= 0.3 is 0 Å². The number of nitrogens with zero attached hydrogens (tertiary/aromatic N) is 1. The van der Waals surface area contributed by atoms with Crippen molar-refractivity contribution in [2.75, 3.05) is 11.9 Å². The van der Waals surface area contributed by atoms with Gasteiger partial charge in [-0.05, 0) is 36.8 Å². The molecule has 0 radical (unpaired) electrons. The van der Waals surface area contributed by atoms with Gasteiger partial charge in [0.15, 0.2) is 6.61 Å². The van der Waals surface area contributed by atoms with Gasteiger partial charge in [0.1, 0.15) is 5.75 Å². The molecule has 0 bridgehead atoms. The molecule has 0 fully saturated rings. The molecule has 0 atom stereocenters. The zero-order valence-corrected chi connectivity index (χ0v) is 10.4. The number of benzene rings is 1. The number of aryl methyl sites for hydroxylation is 1. The number of carbonyl (C=O) groups excluding carboxylic acids is 1. The zero-order valence-electron chi connectivity index (χ0n) is 10.4. The molecule has 0 aliphatic heterocycles. The molecule has 5 heteroatoms. The molecule has 0 saturated heterocycles. The number of ether oxygens (including phenoxy) is 1. The van der Waals surface area contributed by atoms with Crippen molar-refractivity contribution in [3.8, 4) is 5.75 Å². The second kappa shape index (κ2) is 5.95. The first kappa shape index (κ1) is 13.0. The Morgan fingerprint density at radius 2 is 2.21 bits per heavy atom. The summed E-state index contributed by atoms with van der Waals surface area (Å²) in [6.07, 6.45) is 1.23. The SMILES string of the molecule is Cc1cccc(NC(=O)COc2ccc(F)nc2)c1.